The molecule has 2 heterocycles. The average Bonchev–Trinajstić information content (AvgIpc) is 3.10. The van der Waals surface area contributed by atoms with Gasteiger partial charge in [0.15, 0.2) is 0 Å². The Hall–Kier alpha value is -2.96. The normalized spacial score (nSPS) is 13.1. The zero-order chi connectivity index (χ0) is 22.4. The minimum Gasteiger partial charge on any atom is -0.469 e. The van der Waals surface area contributed by atoms with E-state index in [1.54, 1.807) is 6.20 Å². The van der Waals surface area contributed by atoms with Crippen LogP contribution < -0.4 is 5.32 Å². The van der Waals surface area contributed by atoms with Crippen LogP contribution in [0.3, 0.4) is 0 Å². The smallest absolute Gasteiger partial charge is 0.309 e. The van der Waals surface area contributed by atoms with Gasteiger partial charge in [-0.1, -0.05) is 30.3 Å². The van der Waals surface area contributed by atoms with Crippen LogP contribution in [-0.4, -0.2) is 40.3 Å². The third kappa shape index (κ3) is 6.03. The predicted molar refractivity (Wildman–Crippen MR) is 121 cm³/mol. The Bertz CT molecular complexity index is 992. The summed E-state index contributed by atoms with van der Waals surface area (Å²) in [6, 6.07) is 16.1. The Morgan fingerprint density at radius 1 is 1.13 bits per heavy atom. The molecule has 0 bridgehead atoms. The number of carbonyl (C=O) groups excluding carboxylic acids is 1. The Morgan fingerprint density at radius 3 is 2.48 bits per heavy atom. The molecular formula is C25H31N3O3. The van der Waals surface area contributed by atoms with Gasteiger partial charge in [0.05, 0.1) is 19.6 Å². The summed E-state index contributed by atoms with van der Waals surface area (Å²) in [5, 5.41) is 14.0. The number of carbonyl (C=O) groups is 1. The molecule has 2 N–H and O–H groups in total. The van der Waals surface area contributed by atoms with Crippen LogP contribution in [0.15, 0.2) is 54.7 Å². The van der Waals surface area contributed by atoms with Crippen LogP contribution in [0.5, 0.6) is 0 Å². The van der Waals surface area contributed by atoms with Gasteiger partial charge in [0.1, 0.15) is 5.82 Å². The summed E-state index contributed by atoms with van der Waals surface area (Å²) >= 11 is 0. The summed E-state index contributed by atoms with van der Waals surface area (Å²) < 4.78 is 6.82. The van der Waals surface area contributed by atoms with E-state index in [9.17, 15) is 9.90 Å². The number of nitrogens with one attached hydrogen (secondary N) is 1. The maximum absolute atomic E-state index is 11.5. The third-order valence-corrected chi connectivity index (χ3v) is 5.42. The largest absolute Gasteiger partial charge is 0.469 e. The van der Waals surface area contributed by atoms with Crippen molar-refractivity contribution in [1.29, 1.82) is 0 Å². The molecule has 1 unspecified atom stereocenters. The second-order valence-corrected chi connectivity index (χ2v) is 8.00. The number of aliphatic hydroxyl groups is 1. The van der Waals surface area contributed by atoms with E-state index in [2.05, 4.69) is 33.9 Å². The molecule has 6 nitrogen and oxygen atoms in total. The maximum Gasteiger partial charge on any atom is 0.309 e. The Kier molecular flexibility index (Phi) is 7.60. The van der Waals surface area contributed by atoms with E-state index in [1.807, 2.05) is 50.2 Å². The van der Waals surface area contributed by atoms with Crippen molar-refractivity contribution in [2.24, 2.45) is 0 Å². The first-order chi connectivity index (χ1) is 14.9. The molecule has 3 aromatic rings. The molecule has 0 aliphatic rings. The van der Waals surface area contributed by atoms with Gasteiger partial charge in [-0.15, -0.1) is 0 Å². The van der Waals surface area contributed by atoms with Gasteiger partial charge in [-0.05, 0) is 56.5 Å². The number of esters is 1. The first kappa shape index (κ1) is 22.7. The fourth-order valence-electron chi connectivity index (χ4n) is 3.72. The van der Waals surface area contributed by atoms with Gasteiger partial charge in [0.2, 0.25) is 0 Å². The quantitative estimate of drug-likeness (QED) is 0.518. The van der Waals surface area contributed by atoms with E-state index in [0.717, 1.165) is 40.3 Å². The summed E-state index contributed by atoms with van der Waals surface area (Å²) in [6.45, 7) is 6.62. The van der Waals surface area contributed by atoms with E-state index in [0.29, 0.717) is 6.54 Å². The highest BCUT2D eigenvalue weighted by Crippen LogP contribution is 2.17. The lowest BCUT2D eigenvalue weighted by atomic mass is 10.0. The number of aliphatic hydroxyl groups excluding tert-OH is 1. The summed E-state index contributed by atoms with van der Waals surface area (Å²) in [4.78, 5) is 16.0. The van der Waals surface area contributed by atoms with Crippen molar-refractivity contribution in [2.75, 3.05) is 13.7 Å². The molecule has 3 rings (SSSR count). The number of ether oxygens (including phenoxy) is 1. The summed E-state index contributed by atoms with van der Waals surface area (Å²) in [5.41, 5.74) is 5.12. The number of rotatable bonds is 9. The fraction of sp³-hybridized carbons (Fsp3) is 0.360. The van der Waals surface area contributed by atoms with Gasteiger partial charge >= 0.3 is 5.97 Å². The molecule has 0 saturated carbocycles. The van der Waals surface area contributed by atoms with Crippen molar-refractivity contribution in [3.05, 3.63) is 82.8 Å². The Balaban J connectivity index is 1.54. The number of nitrogens with zero attached hydrogens (tertiary/aromatic N) is 2. The molecule has 0 amide bonds. The minimum atomic E-state index is -0.637. The minimum absolute atomic E-state index is 0.167. The SMILES string of the molecule is COC(=O)Cc1cccc(CC(C)NC[C@H](O)c2ccc(-n3c(C)ccc3C)nc2)c1. The van der Waals surface area contributed by atoms with Gasteiger partial charge in [-0.25, -0.2) is 4.98 Å². The van der Waals surface area contributed by atoms with Crippen LogP contribution in [0.4, 0.5) is 0 Å². The second kappa shape index (κ2) is 10.4. The first-order valence-electron chi connectivity index (χ1n) is 10.5. The zero-order valence-corrected chi connectivity index (χ0v) is 18.6. The number of hydrogen-bond donors (Lipinski definition) is 2. The molecule has 31 heavy (non-hydrogen) atoms. The van der Waals surface area contributed by atoms with Crippen LogP contribution in [0.1, 0.15) is 41.1 Å². The van der Waals surface area contributed by atoms with Crippen molar-refractivity contribution in [3.8, 4) is 5.82 Å². The highest BCUT2D eigenvalue weighted by Gasteiger charge is 2.12. The van der Waals surface area contributed by atoms with Crippen LogP contribution in [0.25, 0.3) is 5.82 Å². The third-order valence-electron chi connectivity index (χ3n) is 5.42. The highest BCUT2D eigenvalue weighted by atomic mass is 16.5. The number of methoxy groups -OCH3 is 1. The van der Waals surface area contributed by atoms with Gasteiger partial charge < -0.3 is 19.7 Å². The monoisotopic (exact) mass is 421 g/mol. The van der Waals surface area contributed by atoms with E-state index in [-0.39, 0.29) is 18.4 Å². The van der Waals surface area contributed by atoms with E-state index >= 15 is 0 Å². The molecule has 164 valence electrons. The molecule has 2 aromatic heterocycles. The zero-order valence-electron chi connectivity index (χ0n) is 18.6. The number of aryl methyl sites for hydroxylation is 2. The molecule has 1 aromatic carbocycles. The van der Waals surface area contributed by atoms with Gasteiger partial charge in [0, 0.05) is 35.7 Å². The van der Waals surface area contributed by atoms with Crippen molar-refractivity contribution >= 4 is 5.97 Å². The lowest BCUT2D eigenvalue weighted by Crippen LogP contribution is -2.32. The van der Waals surface area contributed by atoms with Crippen LogP contribution >= 0.6 is 0 Å². The van der Waals surface area contributed by atoms with Gasteiger partial charge in [0.25, 0.3) is 0 Å². The molecule has 2 atom stereocenters. The number of benzene rings is 1. The lowest BCUT2D eigenvalue weighted by Gasteiger charge is -2.18. The van der Waals surface area contributed by atoms with Crippen molar-refractivity contribution < 1.29 is 14.6 Å². The van der Waals surface area contributed by atoms with Gasteiger partial charge in [-0.2, -0.15) is 0 Å². The summed E-state index contributed by atoms with van der Waals surface area (Å²) in [6.07, 6.45) is 2.17. The molecule has 0 aliphatic heterocycles. The van der Waals surface area contributed by atoms with Crippen molar-refractivity contribution in [3.63, 3.8) is 0 Å². The molecule has 0 aliphatic carbocycles. The predicted octanol–water partition coefficient (Wildman–Crippen LogP) is 3.46. The Morgan fingerprint density at radius 2 is 1.84 bits per heavy atom. The first-order valence-corrected chi connectivity index (χ1v) is 10.5. The topological polar surface area (TPSA) is 76.4 Å². The van der Waals surface area contributed by atoms with Gasteiger partial charge in [-0.3, -0.25) is 4.79 Å². The standard InChI is InChI=1S/C25H31N3O3/c1-17(12-20-6-5-7-21(13-20)14-25(30)31-4)26-16-23(29)22-10-11-24(27-15-22)28-18(2)8-9-19(28)3/h5-11,13,15,17,23,26,29H,12,14,16H2,1-4H3/t17?,23-/m0/s1. The molecule has 0 saturated heterocycles. The number of pyridine rings is 1. The number of aromatic nitrogens is 2. The summed E-state index contributed by atoms with van der Waals surface area (Å²) in [7, 11) is 1.40. The Labute approximate surface area is 183 Å². The number of hydrogen-bond acceptors (Lipinski definition) is 5. The molecule has 6 heteroatoms. The van der Waals surface area contributed by atoms with Crippen LogP contribution in [-0.2, 0) is 22.4 Å². The van der Waals surface area contributed by atoms with E-state index in [1.165, 1.54) is 7.11 Å². The van der Waals surface area contributed by atoms with E-state index in [4.69, 9.17) is 4.74 Å². The molecular weight excluding hydrogens is 390 g/mol. The van der Waals surface area contributed by atoms with Crippen molar-refractivity contribution in [1.82, 2.24) is 14.9 Å². The second-order valence-electron chi connectivity index (χ2n) is 8.00. The van der Waals surface area contributed by atoms with Crippen LogP contribution in [0, 0.1) is 13.8 Å². The lowest BCUT2D eigenvalue weighted by molar-refractivity contribution is -0.139. The van der Waals surface area contributed by atoms with Crippen molar-refractivity contribution in [2.45, 2.75) is 45.8 Å². The molecule has 0 spiro atoms. The maximum atomic E-state index is 11.5. The highest BCUT2D eigenvalue weighted by molar-refractivity contribution is 5.72. The fourth-order valence-corrected chi connectivity index (χ4v) is 3.72. The molecule has 0 fully saturated rings. The average molecular weight is 422 g/mol. The molecule has 0 radical (unpaired) electrons. The van der Waals surface area contributed by atoms with Crippen LogP contribution in [0.2, 0.25) is 0 Å². The van der Waals surface area contributed by atoms with E-state index < -0.39 is 6.10 Å². The summed E-state index contributed by atoms with van der Waals surface area (Å²) in [5.74, 6) is 0.609.